The van der Waals surface area contributed by atoms with E-state index in [2.05, 4.69) is 27.1 Å². The lowest BCUT2D eigenvalue weighted by molar-refractivity contribution is -0.139. The van der Waals surface area contributed by atoms with E-state index in [4.69, 9.17) is 5.73 Å². The van der Waals surface area contributed by atoms with Crippen molar-refractivity contribution in [1.82, 2.24) is 14.9 Å². The van der Waals surface area contributed by atoms with Crippen molar-refractivity contribution in [2.75, 3.05) is 48.7 Å². The van der Waals surface area contributed by atoms with E-state index in [0.717, 1.165) is 73.4 Å². The molecule has 0 saturated carbocycles. The Kier molecular flexibility index (Phi) is 11.0. The van der Waals surface area contributed by atoms with Crippen molar-refractivity contribution in [2.45, 2.75) is 64.7 Å². The maximum Gasteiger partial charge on any atom is 0.310 e. The highest BCUT2D eigenvalue weighted by molar-refractivity contribution is 8.24. The van der Waals surface area contributed by atoms with Crippen molar-refractivity contribution >= 4 is 28.3 Å². The van der Waals surface area contributed by atoms with Crippen LogP contribution in [0.4, 0.5) is 11.8 Å². The fourth-order valence-corrected chi connectivity index (χ4v) is 6.04. The number of nitrogens with one attached hydrogen (secondary N) is 1. The Bertz CT molecular complexity index is 1010. The molecule has 37 heavy (non-hydrogen) atoms. The number of carbonyl (C=O) groups is 1. The van der Waals surface area contributed by atoms with Gasteiger partial charge in [0.15, 0.2) is 0 Å². The Morgan fingerprint density at radius 2 is 1.81 bits per heavy atom. The first-order valence-corrected chi connectivity index (χ1v) is 15.2. The molecule has 1 atom stereocenters. The lowest BCUT2D eigenvalue weighted by atomic mass is 9.92. The lowest BCUT2D eigenvalue weighted by Crippen LogP contribution is -2.38. The molecule has 1 fully saturated rings. The van der Waals surface area contributed by atoms with Crippen LogP contribution in [0.5, 0.6) is 0 Å². The minimum absolute atomic E-state index is 0.259. The summed E-state index contributed by atoms with van der Waals surface area (Å²) in [5.41, 5.74) is 9.63. The van der Waals surface area contributed by atoms with Crippen LogP contribution in [-0.2, 0) is 11.2 Å². The topological polar surface area (TPSA) is 145 Å². The molecule has 2 aromatic rings. The van der Waals surface area contributed by atoms with Crippen LogP contribution < -0.4 is 11.1 Å². The van der Waals surface area contributed by atoms with Gasteiger partial charge >= 0.3 is 5.97 Å². The van der Waals surface area contributed by atoms with Crippen molar-refractivity contribution in [3.63, 3.8) is 0 Å². The Balaban J connectivity index is 1.57. The van der Waals surface area contributed by atoms with Gasteiger partial charge in [0, 0.05) is 37.3 Å². The molecule has 0 bridgehead atoms. The third-order valence-electron chi connectivity index (χ3n) is 7.05. The van der Waals surface area contributed by atoms with Gasteiger partial charge in [-0.1, -0.05) is 50.5 Å². The fourth-order valence-electron chi connectivity index (χ4n) is 4.73. The number of carboxylic acids is 1. The van der Waals surface area contributed by atoms with Crippen molar-refractivity contribution < 1.29 is 19.0 Å². The first-order valence-electron chi connectivity index (χ1n) is 13.3. The zero-order chi connectivity index (χ0) is 26.8. The van der Waals surface area contributed by atoms with Gasteiger partial charge in [0.05, 0.1) is 17.4 Å². The molecule has 0 spiro atoms. The molecule has 0 radical (unpaired) electrons. The smallest absolute Gasteiger partial charge is 0.310 e. The Morgan fingerprint density at radius 3 is 2.46 bits per heavy atom. The third kappa shape index (κ3) is 9.14. The van der Waals surface area contributed by atoms with Gasteiger partial charge in [0.2, 0.25) is 5.95 Å². The largest absolute Gasteiger partial charge is 0.481 e. The number of hydrogen-bond donors (Lipinski definition) is 5. The average Bonchev–Trinajstić information content (AvgIpc) is 2.85. The zero-order valence-electron chi connectivity index (χ0n) is 22.2. The number of aliphatic carboxylic acids is 1. The zero-order valence-corrected chi connectivity index (χ0v) is 23.0. The number of nitrogens with zero attached hydrogens (tertiary/aromatic N) is 3. The van der Waals surface area contributed by atoms with Crippen LogP contribution >= 0.6 is 10.6 Å². The van der Waals surface area contributed by atoms with Gasteiger partial charge < -0.3 is 21.1 Å². The summed E-state index contributed by atoms with van der Waals surface area (Å²) < 4.78 is 19.5. The summed E-state index contributed by atoms with van der Waals surface area (Å²) in [6, 6.07) is 7.83. The molecule has 3 rings (SSSR count). The second-order valence-corrected chi connectivity index (χ2v) is 12.4. The van der Waals surface area contributed by atoms with Crippen molar-refractivity contribution in [1.29, 1.82) is 0 Å². The van der Waals surface area contributed by atoms with Gasteiger partial charge in [-0.05, 0) is 43.9 Å². The van der Waals surface area contributed by atoms with E-state index < -0.39 is 22.5 Å². The molecule has 2 heterocycles. The first kappa shape index (κ1) is 29.2. The summed E-state index contributed by atoms with van der Waals surface area (Å²) in [7, 11) is -2.38. The van der Waals surface area contributed by atoms with E-state index in [1.165, 1.54) is 0 Å². The molecule has 1 aromatic heterocycles. The molecule has 0 aliphatic carbocycles. The van der Waals surface area contributed by atoms with Crippen LogP contribution in [0.15, 0.2) is 24.3 Å². The number of unbranched alkanes of at least 4 members (excludes halogenated alkanes) is 3. The van der Waals surface area contributed by atoms with Crippen LogP contribution in [0.2, 0.25) is 0 Å². The quantitative estimate of drug-likeness (QED) is 0.213. The molecule has 1 aliphatic rings. The summed E-state index contributed by atoms with van der Waals surface area (Å²) in [5, 5.41) is 13.3. The van der Waals surface area contributed by atoms with Crippen molar-refractivity contribution in [3.05, 3.63) is 46.6 Å². The van der Waals surface area contributed by atoms with E-state index in [-0.39, 0.29) is 5.95 Å². The van der Waals surface area contributed by atoms with Gasteiger partial charge in [0.1, 0.15) is 5.82 Å². The number of benzene rings is 1. The Hall–Kier alpha value is -2.40. The van der Waals surface area contributed by atoms with E-state index in [0.29, 0.717) is 37.4 Å². The van der Waals surface area contributed by atoms with Crippen LogP contribution in [-0.4, -0.2) is 72.7 Å². The van der Waals surface area contributed by atoms with Gasteiger partial charge in [-0.2, -0.15) is 15.6 Å². The second kappa shape index (κ2) is 13.9. The highest BCUT2D eigenvalue weighted by Crippen LogP contribution is 2.40. The minimum Gasteiger partial charge on any atom is -0.481 e. The molecule has 10 heteroatoms. The van der Waals surface area contributed by atoms with E-state index in [9.17, 15) is 19.0 Å². The fraction of sp³-hybridized carbons (Fsp3) is 0.593. The Labute approximate surface area is 222 Å². The summed E-state index contributed by atoms with van der Waals surface area (Å²) in [5.74, 6) is 0.564. The predicted octanol–water partition coefficient (Wildman–Crippen LogP) is 4.96. The van der Waals surface area contributed by atoms with Crippen LogP contribution in [0.3, 0.4) is 0 Å². The van der Waals surface area contributed by atoms with E-state index in [1.807, 2.05) is 31.2 Å². The number of nitrogens with two attached hydrogens (primary N) is 1. The summed E-state index contributed by atoms with van der Waals surface area (Å²) in [4.78, 5) is 23.0. The standard InChI is InChI=1S/C27H43N5O4S/c1-3-4-6-13-29-25-24(20(2)30-27(28)31-25)19-21-9-11-22(12-10-21)23(26(33)34)8-5-7-14-32-15-17-37(35,36)18-16-32/h9-12,23,35-36H,3-8,13-19H2,1-2H3,(H,33,34)(H3,28,29,30,31). The number of aromatic nitrogens is 2. The normalized spacial score (nSPS) is 17.3. The second-order valence-electron chi connectivity index (χ2n) is 9.99. The van der Waals surface area contributed by atoms with E-state index >= 15 is 0 Å². The average molecular weight is 534 g/mol. The van der Waals surface area contributed by atoms with Crippen LogP contribution in [0.1, 0.15) is 73.8 Å². The number of nitrogen functional groups attached to an aromatic ring is 1. The van der Waals surface area contributed by atoms with Gasteiger partial charge in [0.25, 0.3) is 0 Å². The summed E-state index contributed by atoms with van der Waals surface area (Å²) in [6.07, 6.45) is 6.29. The molecule has 1 aromatic carbocycles. The van der Waals surface area contributed by atoms with Crippen LogP contribution in [0.25, 0.3) is 0 Å². The van der Waals surface area contributed by atoms with Gasteiger partial charge in [-0.25, -0.2) is 4.98 Å². The maximum atomic E-state index is 12.0. The molecule has 0 amide bonds. The van der Waals surface area contributed by atoms with Crippen molar-refractivity contribution in [2.24, 2.45) is 0 Å². The first-order chi connectivity index (χ1) is 17.7. The SMILES string of the molecule is CCCCCNc1nc(N)nc(C)c1Cc1ccc(C(CCCCN2CCS(O)(O)CC2)C(=O)O)cc1. The minimum atomic E-state index is -2.38. The molecule has 6 N–H and O–H groups in total. The Morgan fingerprint density at radius 1 is 1.11 bits per heavy atom. The number of aryl methyl sites for hydroxylation is 1. The predicted molar refractivity (Wildman–Crippen MR) is 152 cm³/mol. The monoisotopic (exact) mass is 533 g/mol. The highest BCUT2D eigenvalue weighted by Gasteiger charge is 2.23. The van der Waals surface area contributed by atoms with Crippen molar-refractivity contribution in [3.8, 4) is 0 Å². The molecule has 9 nitrogen and oxygen atoms in total. The lowest BCUT2D eigenvalue weighted by Gasteiger charge is -2.41. The molecular formula is C27H43N5O4S. The van der Waals surface area contributed by atoms with Gasteiger partial charge in [-0.15, -0.1) is 0 Å². The molecule has 206 valence electrons. The number of anilines is 2. The molecule has 1 unspecified atom stereocenters. The maximum absolute atomic E-state index is 12.0. The number of hydrogen-bond acceptors (Lipinski definition) is 8. The van der Waals surface area contributed by atoms with E-state index in [1.54, 1.807) is 0 Å². The molecule has 1 saturated heterocycles. The number of rotatable bonds is 14. The van der Waals surface area contributed by atoms with Gasteiger partial charge in [-0.3, -0.25) is 13.9 Å². The summed E-state index contributed by atoms with van der Waals surface area (Å²) in [6.45, 7) is 7.19. The summed E-state index contributed by atoms with van der Waals surface area (Å²) >= 11 is 0. The highest BCUT2D eigenvalue weighted by atomic mass is 32.3. The number of carboxylic acid groups (broad SMARTS) is 1. The molecular weight excluding hydrogens is 490 g/mol. The van der Waals surface area contributed by atoms with Crippen LogP contribution in [0, 0.1) is 6.92 Å². The molecule has 1 aliphatic heterocycles. The third-order valence-corrected chi connectivity index (χ3v) is 8.72.